The van der Waals surface area contributed by atoms with Gasteiger partial charge in [0.25, 0.3) is 5.91 Å². The molecule has 2 heterocycles. The van der Waals surface area contributed by atoms with Gasteiger partial charge in [-0.2, -0.15) is 0 Å². The van der Waals surface area contributed by atoms with Crippen LogP contribution in [0.4, 0.5) is 5.69 Å². The number of fused-ring (bicyclic) bond motifs is 1. The van der Waals surface area contributed by atoms with Crippen molar-refractivity contribution in [1.29, 1.82) is 0 Å². The van der Waals surface area contributed by atoms with Crippen LogP contribution in [-0.2, 0) is 13.1 Å². The smallest absolute Gasteiger partial charge is 0.251 e. The fourth-order valence-electron chi connectivity index (χ4n) is 6.20. The summed E-state index contributed by atoms with van der Waals surface area (Å²) in [6, 6.07) is 12.1. The van der Waals surface area contributed by atoms with Crippen LogP contribution in [-0.4, -0.2) is 48.3 Å². The second kappa shape index (κ2) is 13.0. The van der Waals surface area contributed by atoms with E-state index in [0.717, 1.165) is 61.5 Å². The maximum Gasteiger partial charge on any atom is 0.251 e. The fourth-order valence-corrected chi connectivity index (χ4v) is 6.72. The Bertz CT molecular complexity index is 1520. The van der Waals surface area contributed by atoms with E-state index >= 15 is 0 Å². The van der Waals surface area contributed by atoms with Crippen LogP contribution in [0.3, 0.4) is 0 Å². The van der Waals surface area contributed by atoms with Gasteiger partial charge in [0.15, 0.2) is 16.9 Å². The molecule has 1 fully saturated rings. The zero-order chi connectivity index (χ0) is 30.0. The molecule has 0 unspecified atom stereocenters. The van der Waals surface area contributed by atoms with Gasteiger partial charge in [0.1, 0.15) is 5.15 Å². The van der Waals surface area contributed by atoms with Crippen LogP contribution in [0.25, 0.3) is 0 Å². The highest BCUT2D eigenvalue weighted by atomic mass is 35.5. The second-order valence-electron chi connectivity index (χ2n) is 11.2. The average molecular weight is 614 g/mol. The van der Waals surface area contributed by atoms with Crippen LogP contribution in [0.1, 0.15) is 65.3 Å². The molecular formula is C32H38Cl2N4O4. The van der Waals surface area contributed by atoms with Gasteiger partial charge in [-0.05, 0) is 88.9 Å². The summed E-state index contributed by atoms with van der Waals surface area (Å²) in [5.41, 5.74) is 4.32. The Labute approximate surface area is 256 Å². The predicted octanol–water partition coefficient (Wildman–Crippen LogP) is 6.23. The summed E-state index contributed by atoms with van der Waals surface area (Å²) in [6.07, 6.45) is 4.26. The van der Waals surface area contributed by atoms with Gasteiger partial charge in [-0.15, -0.1) is 0 Å². The van der Waals surface area contributed by atoms with Gasteiger partial charge in [-0.1, -0.05) is 29.3 Å². The van der Waals surface area contributed by atoms with Crippen molar-refractivity contribution in [2.75, 3.05) is 25.3 Å². The third-order valence-electron chi connectivity index (χ3n) is 8.48. The molecular weight excluding hydrogens is 575 g/mol. The Morgan fingerprint density at radius 2 is 1.74 bits per heavy atom. The monoisotopic (exact) mass is 612 g/mol. The molecule has 0 atom stereocenters. The molecule has 0 radical (unpaired) electrons. The second-order valence-corrected chi connectivity index (χ2v) is 12.1. The molecule has 5 rings (SSSR count). The summed E-state index contributed by atoms with van der Waals surface area (Å²) < 4.78 is 11.0. The largest absolute Gasteiger partial charge is 0.454 e. The van der Waals surface area contributed by atoms with E-state index < -0.39 is 0 Å². The summed E-state index contributed by atoms with van der Waals surface area (Å²) in [4.78, 5) is 33.4. The molecule has 2 N–H and O–H groups in total. The quantitative estimate of drug-likeness (QED) is 0.279. The van der Waals surface area contributed by atoms with Crippen molar-refractivity contribution in [2.45, 2.75) is 71.6 Å². The van der Waals surface area contributed by atoms with Crippen LogP contribution in [0, 0.1) is 13.8 Å². The number of ether oxygens (including phenoxy) is 2. The topological polar surface area (TPSA) is 86.9 Å². The summed E-state index contributed by atoms with van der Waals surface area (Å²) in [6.45, 7) is 7.83. The molecule has 1 aromatic heterocycles. The lowest BCUT2D eigenvalue weighted by Gasteiger charge is -2.41. The standard InChI is InChI=1S/C32H38Cl2N4O4/c1-5-38(24-9-7-23(8-10-24)37(4)17-21-6-11-29-30(13-21)42-18-41-29)27-15-22(33)14-25(20(27)3)32(40)35-16-26-28(39)12-19(2)36-31(26)34/h6,11-15,23-24H,5,7-10,16-18H2,1-4H3,(H,35,40)(H,36,39). The summed E-state index contributed by atoms with van der Waals surface area (Å²) in [7, 11) is 2.19. The molecule has 0 bridgehead atoms. The first kappa shape index (κ1) is 30.3. The summed E-state index contributed by atoms with van der Waals surface area (Å²) in [5.74, 6) is 1.34. The van der Waals surface area contributed by atoms with Crippen molar-refractivity contribution in [3.8, 4) is 11.5 Å². The Kier molecular flexibility index (Phi) is 9.35. The molecule has 0 saturated heterocycles. The van der Waals surface area contributed by atoms with E-state index in [0.29, 0.717) is 33.9 Å². The molecule has 1 saturated carbocycles. The highest BCUT2D eigenvalue weighted by Crippen LogP contribution is 2.36. The third-order valence-corrected chi connectivity index (χ3v) is 9.02. The molecule has 0 spiro atoms. The first-order valence-corrected chi connectivity index (χ1v) is 15.2. The first-order chi connectivity index (χ1) is 20.1. The number of hydrogen-bond acceptors (Lipinski definition) is 6. The van der Waals surface area contributed by atoms with E-state index in [1.54, 1.807) is 13.0 Å². The van der Waals surface area contributed by atoms with E-state index in [1.807, 2.05) is 19.1 Å². The van der Waals surface area contributed by atoms with E-state index in [1.165, 1.54) is 11.6 Å². The van der Waals surface area contributed by atoms with Crippen molar-refractivity contribution in [1.82, 2.24) is 15.2 Å². The van der Waals surface area contributed by atoms with Crippen molar-refractivity contribution in [3.05, 3.63) is 84.7 Å². The number of rotatable bonds is 9. The van der Waals surface area contributed by atoms with Crippen LogP contribution in [0.15, 0.2) is 41.2 Å². The number of halogens is 2. The van der Waals surface area contributed by atoms with Crippen molar-refractivity contribution in [3.63, 3.8) is 0 Å². The lowest BCUT2D eigenvalue weighted by Crippen LogP contribution is -2.43. The van der Waals surface area contributed by atoms with Gasteiger partial charge in [0, 0.05) is 59.8 Å². The van der Waals surface area contributed by atoms with Gasteiger partial charge >= 0.3 is 0 Å². The number of nitrogens with one attached hydrogen (secondary N) is 2. The van der Waals surface area contributed by atoms with E-state index in [2.05, 4.69) is 46.2 Å². The summed E-state index contributed by atoms with van der Waals surface area (Å²) >= 11 is 12.8. The Morgan fingerprint density at radius 3 is 2.45 bits per heavy atom. The number of amides is 1. The lowest BCUT2D eigenvalue weighted by atomic mass is 9.88. The van der Waals surface area contributed by atoms with Crippen LogP contribution in [0.2, 0.25) is 10.2 Å². The number of carbonyl (C=O) groups is 1. The molecule has 1 aliphatic heterocycles. The van der Waals surface area contributed by atoms with Crippen LogP contribution in [0.5, 0.6) is 11.5 Å². The van der Waals surface area contributed by atoms with E-state index in [9.17, 15) is 9.59 Å². The Balaban J connectivity index is 1.24. The van der Waals surface area contributed by atoms with Gasteiger partial charge in [0.05, 0.1) is 5.56 Å². The fraction of sp³-hybridized carbons (Fsp3) is 0.438. The van der Waals surface area contributed by atoms with Gasteiger partial charge in [0.2, 0.25) is 6.79 Å². The Hall–Kier alpha value is -3.20. The van der Waals surface area contributed by atoms with Crippen molar-refractivity contribution < 1.29 is 14.3 Å². The van der Waals surface area contributed by atoms with Crippen molar-refractivity contribution in [2.24, 2.45) is 0 Å². The number of pyridine rings is 1. The minimum Gasteiger partial charge on any atom is -0.454 e. The van der Waals surface area contributed by atoms with Crippen molar-refractivity contribution >= 4 is 34.8 Å². The maximum absolute atomic E-state index is 13.3. The lowest BCUT2D eigenvalue weighted by molar-refractivity contribution is 0.0950. The minimum atomic E-state index is -0.294. The number of anilines is 1. The van der Waals surface area contributed by atoms with E-state index in [4.69, 9.17) is 32.7 Å². The number of benzene rings is 2. The molecule has 3 aromatic rings. The number of aromatic nitrogens is 1. The highest BCUT2D eigenvalue weighted by molar-refractivity contribution is 6.31. The Morgan fingerprint density at radius 1 is 1.02 bits per heavy atom. The third kappa shape index (κ3) is 6.56. The number of hydrogen-bond donors (Lipinski definition) is 2. The molecule has 42 heavy (non-hydrogen) atoms. The normalized spacial score (nSPS) is 17.9. The molecule has 1 amide bonds. The van der Waals surface area contributed by atoms with Gasteiger partial charge in [-0.25, -0.2) is 0 Å². The number of aromatic amines is 1. The van der Waals surface area contributed by atoms with E-state index in [-0.39, 0.29) is 29.8 Å². The maximum atomic E-state index is 13.3. The van der Waals surface area contributed by atoms with Gasteiger partial charge < -0.3 is 24.7 Å². The number of H-pyrrole nitrogens is 1. The van der Waals surface area contributed by atoms with Crippen LogP contribution < -0.4 is 25.1 Å². The zero-order valence-electron chi connectivity index (χ0n) is 24.6. The predicted molar refractivity (Wildman–Crippen MR) is 167 cm³/mol. The minimum absolute atomic E-state index is 0.0237. The highest BCUT2D eigenvalue weighted by Gasteiger charge is 2.29. The molecule has 2 aliphatic rings. The first-order valence-electron chi connectivity index (χ1n) is 14.5. The zero-order valence-corrected chi connectivity index (χ0v) is 26.1. The number of carbonyl (C=O) groups excluding carboxylic acids is 1. The number of nitrogens with zero attached hydrogens (tertiary/aromatic N) is 2. The summed E-state index contributed by atoms with van der Waals surface area (Å²) in [5, 5.41) is 3.60. The molecule has 10 heteroatoms. The SMILES string of the molecule is CCN(c1cc(Cl)cc(C(=O)NCc2c(Cl)[nH]c(C)cc2=O)c1C)C1CCC(N(C)Cc2ccc3c(c2)OCO3)CC1. The van der Waals surface area contributed by atoms with Crippen LogP contribution >= 0.6 is 23.2 Å². The average Bonchev–Trinajstić information content (AvgIpc) is 3.42. The number of aryl methyl sites for hydroxylation is 1. The molecule has 8 nitrogen and oxygen atoms in total. The molecule has 1 aliphatic carbocycles. The van der Waals surface area contributed by atoms with Gasteiger partial charge in [-0.3, -0.25) is 14.5 Å². The molecule has 2 aromatic carbocycles. The molecule has 224 valence electrons.